The van der Waals surface area contributed by atoms with Gasteiger partial charge in [-0.25, -0.2) is 0 Å². The third-order valence-corrected chi connectivity index (χ3v) is 0.302. The van der Waals surface area contributed by atoms with Crippen molar-refractivity contribution in [2.24, 2.45) is 0 Å². The first-order chi connectivity index (χ1) is 2.27. The number of hydrogen-bond donors (Lipinski definition) is 1. The number of rotatable bonds is 1. The number of carboxylic acid groups (broad SMARTS) is 1. The van der Waals surface area contributed by atoms with E-state index in [1.807, 2.05) is 0 Å². The van der Waals surface area contributed by atoms with E-state index in [9.17, 15) is 4.79 Å². The van der Waals surface area contributed by atoms with Gasteiger partial charge in [0.1, 0.15) is 0 Å². The van der Waals surface area contributed by atoms with Crippen molar-refractivity contribution in [2.75, 3.05) is 0 Å². The second-order valence-electron chi connectivity index (χ2n) is 0.747. The van der Waals surface area contributed by atoms with E-state index in [0.717, 1.165) is 0 Å². The van der Waals surface area contributed by atoms with Gasteiger partial charge in [-0.05, 0) is 0 Å². The Hall–Kier alpha value is -0.530. The van der Waals surface area contributed by atoms with Gasteiger partial charge in [-0.1, -0.05) is 6.92 Å². The van der Waals surface area contributed by atoms with Crippen molar-refractivity contribution in [1.82, 2.24) is 0 Å². The van der Waals surface area contributed by atoms with E-state index in [0.29, 0.717) is 0 Å². The molecule has 0 fully saturated rings. The van der Waals surface area contributed by atoms with Crippen LogP contribution in [0.25, 0.3) is 0 Å². The normalized spacial score (nSPS) is 7.40. The highest BCUT2D eigenvalue weighted by Crippen LogP contribution is 1.67. The fourth-order valence-corrected chi connectivity index (χ4v) is 0. The zero-order chi connectivity index (χ0) is 4.28. The molecule has 0 aliphatic rings. The summed E-state index contributed by atoms with van der Waals surface area (Å²) in [5.41, 5.74) is 0. The summed E-state index contributed by atoms with van der Waals surface area (Å²) in [4.78, 5) is 9.37. The molecule has 0 aromatic rings. The highest BCUT2D eigenvalue weighted by atomic mass is 16.4. The Morgan fingerprint density at radius 2 is 2.40 bits per heavy atom. The highest BCUT2D eigenvalue weighted by molar-refractivity contribution is 5.66. The first-order valence-electron chi connectivity index (χ1n) is 1.49. The highest BCUT2D eigenvalue weighted by Gasteiger charge is 1.80. The lowest BCUT2D eigenvalue weighted by molar-refractivity contribution is -0.136. The van der Waals surface area contributed by atoms with Crippen molar-refractivity contribution in [1.29, 1.82) is 0 Å². The molecule has 0 amide bonds. The first kappa shape index (κ1) is 4.47. The second-order valence-corrected chi connectivity index (χ2v) is 0.747. The first-order valence-corrected chi connectivity index (χ1v) is 1.49. The fourth-order valence-electron chi connectivity index (χ4n) is 0. The minimum absolute atomic E-state index is 0. The Balaban J connectivity index is 0. The SMILES string of the molecule is CCC(=O)O.[HH]. The molecule has 0 aliphatic carbocycles. The molecule has 0 bridgehead atoms. The Morgan fingerprint density at radius 3 is 2.40 bits per heavy atom. The van der Waals surface area contributed by atoms with E-state index in [1.165, 1.54) is 0 Å². The number of hydrogen-bond acceptors (Lipinski definition) is 1. The molecule has 0 aromatic heterocycles. The molecule has 0 saturated carbocycles. The second kappa shape index (κ2) is 1.76. The molecule has 0 radical (unpaired) electrons. The van der Waals surface area contributed by atoms with E-state index < -0.39 is 5.97 Å². The van der Waals surface area contributed by atoms with Crippen molar-refractivity contribution >= 4 is 5.97 Å². The summed E-state index contributed by atoms with van der Waals surface area (Å²) in [6.45, 7) is 1.60. The van der Waals surface area contributed by atoms with Crippen LogP contribution in [0.4, 0.5) is 0 Å². The smallest absolute Gasteiger partial charge is 0.303 e. The van der Waals surface area contributed by atoms with Gasteiger partial charge < -0.3 is 5.11 Å². The number of carboxylic acids is 1. The maximum atomic E-state index is 9.37. The van der Waals surface area contributed by atoms with E-state index >= 15 is 0 Å². The van der Waals surface area contributed by atoms with Gasteiger partial charge in [-0.3, -0.25) is 4.79 Å². The molecule has 0 unspecified atom stereocenters. The van der Waals surface area contributed by atoms with E-state index in [-0.39, 0.29) is 7.85 Å². The van der Waals surface area contributed by atoms with Crippen LogP contribution in [-0.4, -0.2) is 11.1 Å². The van der Waals surface area contributed by atoms with Gasteiger partial charge in [0, 0.05) is 7.85 Å². The standard InChI is InChI=1S/C3H6O2.H2/c1-2-3(4)5;/h2H2,1H3,(H,4,5);1H. The zero-order valence-corrected chi connectivity index (χ0v) is 3.06. The van der Waals surface area contributed by atoms with Gasteiger partial charge in [-0.15, -0.1) is 0 Å². The van der Waals surface area contributed by atoms with Crippen LogP contribution < -0.4 is 0 Å². The monoisotopic (exact) mass is 76.1 g/mol. The zero-order valence-electron chi connectivity index (χ0n) is 3.06. The van der Waals surface area contributed by atoms with Crippen LogP contribution in [0.1, 0.15) is 14.8 Å². The molecule has 32 valence electrons. The van der Waals surface area contributed by atoms with E-state index in [4.69, 9.17) is 5.11 Å². The van der Waals surface area contributed by atoms with Crippen molar-refractivity contribution < 1.29 is 11.3 Å². The molecule has 0 atom stereocenters. The predicted octanol–water partition coefficient (Wildman–Crippen LogP) is 0.727. The van der Waals surface area contributed by atoms with E-state index in [2.05, 4.69) is 0 Å². The number of aliphatic carboxylic acids is 1. The van der Waals surface area contributed by atoms with Crippen LogP contribution in [-0.2, 0) is 4.79 Å². The predicted molar refractivity (Wildman–Crippen MR) is 20.0 cm³/mol. The average molecular weight is 76.1 g/mol. The topological polar surface area (TPSA) is 37.3 Å². The maximum Gasteiger partial charge on any atom is 0.303 e. The van der Waals surface area contributed by atoms with Crippen LogP contribution in [0.3, 0.4) is 0 Å². The summed E-state index contributed by atoms with van der Waals surface area (Å²) in [7, 11) is 0. The fraction of sp³-hybridized carbons (Fsp3) is 0.667. The minimum atomic E-state index is -0.745. The van der Waals surface area contributed by atoms with Gasteiger partial charge in [-0.2, -0.15) is 0 Å². The lowest BCUT2D eigenvalue weighted by Gasteiger charge is -1.71. The average Bonchev–Trinajstić information content (AvgIpc) is 1.38. The van der Waals surface area contributed by atoms with Gasteiger partial charge in [0.25, 0.3) is 0 Å². The lowest BCUT2D eigenvalue weighted by Crippen LogP contribution is -1.86. The summed E-state index contributed by atoms with van der Waals surface area (Å²) >= 11 is 0. The Morgan fingerprint density at radius 1 is 2.20 bits per heavy atom. The van der Waals surface area contributed by atoms with Crippen molar-refractivity contribution in [3.05, 3.63) is 0 Å². The summed E-state index contributed by atoms with van der Waals surface area (Å²) < 4.78 is 0. The van der Waals surface area contributed by atoms with Gasteiger partial charge in [0.2, 0.25) is 0 Å². The summed E-state index contributed by atoms with van der Waals surface area (Å²) in [6, 6.07) is 0. The van der Waals surface area contributed by atoms with Crippen LogP contribution in [0, 0.1) is 0 Å². The summed E-state index contributed by atoms with van der Waals surface area (Å²) in [5, 5.41) is 7.72. The summed E-state index contributed by atoms with van der Waals surface area (Å²) in [6.07, 6.45) is 0.222. The number of carbonyl (C=O) groups is 1. The minimum Gasteiger partial charge on any atom is -0.481 e. The molecular formula is C3H8O2. The van der Waals surface area contributed by atoms with Crippen molar-refractivity contribution in [2.45, 2.75) is 13.3 Å². The Bertz CT molecular complexity index is 44.1. The third kappa shape index (κ3) is 3.47. The molecule has 0 spiro atoms. The van der Waals surface area contributed by atoms with Crippen LogP contribution in [0.2, 0.25) is 0 Å². The summed E-state index contributed by atoms with van der Waals surface area (Å²) in [5.74, 6) is -0.745. The van der Waals surface area contributed by atoms with Gasteiger partial charge in [0.05, 0.1) is 0 Å². The van der Waals surface area contributed by atoms with Crippen molar-refractivity contribution in [3.63, 3.8) is 0 Å². The molecule has 0 aromatic carbocycles. The maximum absolute atomic E-state index is 9.37. The molecular weight excluding hydrogens is 68.0 g/mol. The molecule has 5 heavy (non-hydrogen) atoms. The molecule has 2 nitrogen and oxygen atoms in total. The van der Waals surface area contributed by atoms with Crippen molar-refractivity contribution in [3.8, 4) is 0 Å². The molecule has 0 heterocycles. The molecule has 0 aliphatic heterocycles. The largest absolute Gasteiger partial charge is 0.481 e. The van der Waals surface area contributed by atoms with Crippen LogP contribution >= 0.6 is 0 Å². The van der Waals surface area contributed by atoms with Gasteiger partial charge in [0.15, 0.2) is 0 Å². The van der Waals surface area contributed by atoms with Crippen LogP contribution in [0.5, 0.6) is 0 Å². The lowest BCUT2D eigenvalue weighted by atomic mass is 10.5. The van der Waals surface area contributed by atoms with Crippen LogP contribution in [0.15, 0.2) is 0 Å². The third-order valence-electron chi connectivity index (χ3n) is 0.302. The Kier molecular flexibility index (Phi) is 1.57. The molecule has 1 N–H and O–H groups in total. The molecule has 0 saturated heterocycles. The molecule has 0 rings (SSSR count). The molecule has 2 heteroatoms. The quantitative estimate of drug-likeness (QED) is 0.499. The van der Waals surface area contributed by atoms with Gasteiger partial charge >= 0.3 is 5.97 Å². The Labute approximate surface area is 31.9 Å². The van der Waals surface area contributed by atoms with E-state index in [1.54, 1.807) is 6.92 Å².